The van der Waals surface area contributed by atoms with Gasteiger partial charge in [0.25, 0.3) is 0 Å². The molecule has 0 aliphatic heterocycles. The molecule has 0 spiro atoms. The number of nitrogens with zero attached hydrogens (tertiary/aromatic N) is 4. The average molecular weight is 451 g/mol. The van der Waals surface area contributed by atoms with Gasteiger partial charge in [-0.25, -0.2) is 9.67 Å². The largest absolute Gasteiger partial charge is 0.488 e. The number of alkyl halides is 3. The number of ether oxygens (including phenoxy) is 1. The van der Waals surface area contributed by atoms with E-state index >= 15 is 0 Å². The molecule has 1 N–H and O–H groups in total. The van der Waals surface area contributed by atoms with Crippen LogP contribution in [0.3, 0.4) is 0 Å². The van der Waals surface area contributed by atoms with E-state index in [9.17, 15) is 22.8 Å². The van der Waals surface area contributed by atoms with E-state index in [1.807, 2.05) is 13.8 Å². The molecule has 3 heterocycles. The third-order valence-corrected chi connectivity index (χ3v) is 4.77. The predicted molar refractivity (Wildman–Crippen MR) is 114 cm³/mol. The van der Waals surface area contributed by atoms with Crippen LogP contribution in [0.15, 0.2) is 29.3 Å². The first kappa shape index (κ1) is 23.3. The fourth-order valence-corrected chi connectivity index (χ4v) is 3.11. The van der Waals surface area contributed by atoms with E-state index in [0.29, 0.717) is 21.1 Å². The lowest BCUT2D eigenvalue weighted by Gasteiger charge is -2.19. The van der Waals surface area contributed by atoms with Gasteiger partial charge in [-0.05, 0) is 18.9 Å². The third kappa shape index (κ3) is 4.76. The predicted octanol–water partition coefficient (Wildman–Crippen LogP) is 3.91. The molecule has 11 heteroatoms. The van der Waals surface area contributed by atoms with Crippen molar-refractivity contribution in [3.63, 3.8) is 0 Å². The van der Waals surface area contributed by atoms with E-state index in [4.69, 9.17) is 4.74 Å². The van der Waals surface area contributed by atoms with E-state index in [-0.39, 0.29) is 35.7 Å². The number of anilines is 1. The Morgan fingerprint density at radius 1 is 1.25 bits per heavy atom. The zero-order valence-corrected chi connectivity index (χ0v) is 18.3. The fraction of sp³-hybridized carbons (Fsp3) is 0.429. The summed E-state index contributed by atoms with van der Waals surface area (Å²) in [4.78, 5) is 28.3. The number of halogens is 3. The Morgan fingerprint density at radius 2 is 1.94 bits per heavy atom. The Morgan fingerprint density at radius 3 is 2.53 bits per heavy atom. The number of carbonyl (C=O) groups excluding carboxylic acids is 1. The molecule has 0 unspecified atom stereocenters. The lowest BCUT2D eigenvalue weighted by Crippen LogP contribution is -2.35. The van der Waals surface area contributed by atoms with Crippen LogP contribution in [0.25, 0.3) is 22.2 Å². The molecule has 8 nitrogen and oxygen atoms in total. The van der Waals surface area contributed by atoms with Gasteiger partial charge in [0.1, 0.15) is 11.9 Å². The number of pyridine rings is 1. The van der Waals surface area contributed by atoms with E-state index < -0.39 is 17.8 Å². The summed E-state index contributed by atoms with van der Waals surface area (Å²) >= 11 is 0. The molecule has 0 aliphatic carbocycles. The summed E-state index contributed by atoms with van der Waals surface area (Å²) < 4.78 is 48.0. The molecule has 32 heavy (non-hydrogen) atoms. The molecule has 1 amide bonds. The summed E-state index contributed by atoms with van der Waals surface area (Å²) in [5.74, 6) is -0.189. The molecule has 0 saturated heterocycles. The van der Waals surface area contributed by atoms with E-state index in [2.05, 4.69) is 15.4 Å². The second-order valence-electron chi connectivity index (χ2n) is 7.99. The quantitative estimate of drug-likeness (QED) is 0.614. The monoisotopic (exact) mass is 451 g/mol. The molecule has 3 rings (SSSR count). The van der Waals surface area contributed by atoms with E-state index in [1.54, 1.807) is 23.9 Å². The van der Waals surface area contributed by atoms with Gasteiger partial charge in [0.15, 0.2) is 5.75 Å². The maximum Gasteiger partial charge on any atom is 0.410 e. The second-order valence-corrected chi connectivity index (χ2v) is 7.99. The van der Waals surface area contributed by atoms with Crippen molar-refractivity contribution in [3.05, 3.63) is 34.9 Å². The number of hydrogen-bond donors (Lipinski definition) is 1. The van der Waals surface area contributed by atoms with Gasteiger partial charge in [-0.2, -0.15) is 18.3 Å². The normalized spacial score (nSPS) is 12.9. The molecule has 0 saturated carbocycles. The standard InChI is InChI=1S/C21H24F3N5O3/c1-11(2)10-32-18-7-16(27-29(20(18)31)12(3)21(22,23)24)15-9-28(5)17-8-25-19(6-14(15)17)26-13(4)30/h6-9,11-12H,10H2,1-5H3,(H,25,26,30)/t12-/m1/s1. The van der Waals surface area contributed by atoms with Crippen LogP contribution in [-0.4, -0.2) is 38.0 Å². The molecule has 0 aliphatic rings. The minimum Gasteiger partial charge on any atom is -0.488 e. The Hall–Kier alpha value is -3.37. The van der Waals surface area contributed by atoms with Gasteiger partial charge in [-0.15, -0.1) is 0 Å². The zero-order chi connectivity index (χ0) is 23.8. The van der Waals surface area contributed by atoms with Crippen LogP contribution in [-0.2, 0) is 11.8 Å². The number of rotatable bonds is 6. The Kier molecular flexibility index (Phi) is 6.29. The van der Waals surface area contributed by atoms with Crippen LogP contribution >= 0.6 is 0 Å². The summed E-state index contributed by atoms with van der Waals surface area (Å²) in [5, 5.41) is 7.21. The minimum absolute atomic E-state index is 0.0587. The maximum absolute atomic E-state index is 13.4. The highest BCUT2D eigenvalue weighted by Crippen LogP contribution is 2.33. The van der Waals surface area contributed by atoms with Crippen molar-refractivity contribution in [2.24, 2.45) is 13.0 Å². The van der Waals surface area contributed by atoms with Crippen LogP contribution in [0.5, 0.6) is 5.75 Å². The van der Waals surface area contributed by atoms with Gasteiger partial charge in [0.2, 0.25) is 5.91 Å². The molecule has 3 aromatic heterocycles. The van der Waals surface area contributed by atoms with Crippen molar-refractivity contribution in [1.82, 2.24) is 19.3 Å². The van der Waals surface area contributed by atoms with Crippen LogP contribution in [0.2, 0.25) is 0 Å². The molecule has 0 aromatic carbocycles. The first-order chi connectivity index (χ1) is 14.9. The lowest BCUT2D eigenvalue weighted by atomic mass is 10.1. The molecule has 1 atom stereocenters. The number of nitrogens with one attached hydrogen (secondary N) is 1. The molecule has 0 bridgehead atoms. The highest BCUT2D eigenvalue weighted by Gasteiger charge is 2.39. The van der Waals surface area contributed by atoms with Gasteiger partial charge in [0.05, 0.1) is 24.0 Å². The molecule has 172 valence electrons. The van der Waals surface area contributed by atoms with Crippen molar-refractivity contribution in [1.29, 1.82) is 0 Å². The third-order valence-electron chi connectivity index (χ3n) is 4.77. The van der Waals surface area contributed by atoms with Gasteiger partial charge in [-0.3, -0.25) is 9.59 Å². The number of fused-ring (bicyclic) bond motifs is 1. The van der Waals surface area contributed by atoms with Gasteiger partial charge in [0, 0.05) is 37.2 Å². The van der Waals surface area contributed by atoms with Gasteiger partial charge < -0.3 is 14.6 Å². The minimum atomic E-state index is -4.67. The smallest absolute Gasteiger partial charge is 0.410 e. The maximum atomic E-state index is 13.4. The van der Waals surface area contributed by atoms with Gasteiger partial charge in [-0.1, -0.05) is 13.8 Å². The topological polar surface area (TPSA) is 91.0 Å². The van der Waals surface area contributed by atoms with Crippen molar-refractivity contribution in [3.8, 4) is 17.0 Å². The Balaban J connectivity index is 2.24. The van der Waals surface area contributed by atoms with Crippen molar-refractivity contribution in [2.45, 2.75) is 39.9 Å². The first-order valence-corrected chi connectivity index (χ1v) is 9.95. The second kappa shape index (κ2) is 8.64. The van der Waals surface area contributed by atoms with Crippen molar-refractivity contribution >= 4 is 22.6 Å². The Labute approximate surface area is 182 Å². The molecular weight excluding hydrogens is 427 g/mol. The van der Waals surface area contributed by atoms with Crippen LogP contribution in [0.4, 0.5) is 19.0 Å². The van der Waals surface area contributed by atoms with Crippen molar-refractivity contribution < 1.29 is 22.7 Å². The van der Waals surface area contributed by atoms with Crippen LogP contribution in [0, 0.1) is 5.92 Å². The number of hydrogen-bond acceptors (Lipinski definition) is 5. The fourth-order valence-electron chi connectivity index (χ4n) is 3.11. The summed E-state index contributed by atoms with van der Waals surface area (Å²) in [6, 6.07) is 0.797. The van der Waals surface area contributed by atoms with Gasteiger partial charge >= 0.3 is 11.7 Å². The average Bonchev–Trinajstić information content (AvgIpc) is 3.01. The first-order valence-electron chi connectivity index (χ1n) is 9.95. The molecule has 0 radical (unpaired) electrons. The summed E-state index contributed by atoms with van der Waals surface area (Å²) in [7, 11) is 1.75. The van der Waals surface area contributed by atoms with Crippen LogP contribution in [0.1, 0.15) is 33.7 Å². The number of aryl methyl sites for hydroxylation is 1. The number of amides is 1. The molecular formula is C21H24F3N5O3. The number of aromatic nitrogens is 4. The Bertz CT molecular complexity index is 1210. The summed E-state index contributed by atoms with van der Waals surface area (Å²) in [6.45, 7) is 6.09. The molecule has 0 fully saturated rings. The van der Waals surface area contributed by atoms with Crippen molar-refractivity contribution in [2.75, 3.05) is 11.9 Å². The highest BCUT2D eigenvalue weighted by atomic mass is 19.4. The SMILES string of the molecule is CC(=O)Nc1cc2c(-c3cc(OCC(C)C)c(=O)n([C@H](C)C(F)(F)F)n3)cn(C)c2cn1. The summed E-state index contributed by atoms with van der Waals surface area (Å²) in [5.41, 5.74) is 0.307. The summed E-state index contributed by atoms with van der Waals surface area (Å²) in [6.07, 6.45) is -1.47. The highest BCUT2D eigenvalue weighted by molar-refractivity contribution is 5.98. The van der Waals surface area contributed by atoms with E-state index in [0.717, 1.165) is 6.92 Å². The zero-order valence-electron chi connectivity index (χ0n) is 18.3. The number of carbonyl (C=O) groups is 1. The van der Waals surface area contributed by atoms with Crippen LogP contribution < -0.4 is 15.6 Å². The van der Waals surface area contributed by atoms with E-state index in [1.165, 1.54) is 19.2 Å². The lowest BCUT2D eigenvalue weighted by molar-refractivity contribution is -0.166. The molecule has 3 aromatic rings.